The van der Waals surface area contributed by atoms with Gasteiger partial charge in [-0.05, 0) is 53.9 Å². The molecule has 0 saturated carbocycles. The Morgan fingerprint density at radius 2 is 0.939 bits per heavy atom. The van der Waals surface area contributed by atoms with E-state index in [4.69, 9.17) is 0 Å². The number of fused-ring (bicyclic) bond motifs is 4. The van der Waals surface area contributed by atoms with E-state index in [-0.39, 0.29) is 10.9 Å². The van der Waals surface area contributed by atoms with Crippen LogP contribution in [0.3, 0.4) is 0 Å². The Morgan fingerprint density at radius 3 is 1.45 bits per heavy atom. The first-order valence-corrected chi connectivity index (χ1v) is 12.5. The van der Waals surface area contributed by atoms with Gasteiger partial charge in [0.1, 0.15) is 0 Å². The third kappa shape index (κ3) is 3.97. The zero-order valence-electron chi connectivity index (χ0n) is 18.4. The minimum absolute atomic E-state index is 0.139. The van der Waals surface area contributed by atoms with Gasteiger partial charge in [0.25, 0.3) is 0 Å². The fraction of sp³-hybridized carbons (Fsp3) is 0.103. The first kappa shape index (κ1) is 21.5. The van der Waals surface area contributed by atoms with Crippen LogP contribution >= 0.6 is 22.7 Å². The van der Waals surface area contributed by atoms with Crippen molar-refractivity contribution < 1.29 is 0 Å². The van der Waals surface area contributed by atoms with Gasteiger partial charge in [0, 0.05) is 40.3 Å². The summed E-state index contributed by atoms with van der Waals surface area (Å²) >= 11 is 3.36. The molecule has 0 fully saturated rings. The maximum Gasteiger partial charge on any atom is 0.196 e. The van der Waals surface area contributed by atoms with Gasteiger partial charge in [-0.2, -0.15) is 0 Å². The smallest absolute Gasteiger partial charge is 0.196 e. The van der Waals surface area contributed by atoms with Crippen LogP contribution in [0.15, 0.2) is 101 Å². The molecule has 4 aromatic carbocycles. The zero-order valence-corrected chi connectivity index (χ0v) is 20.0. The maximum absolute atomic E-state index is 12.6. The van der Waals surface area contributed by atoms with Crippen molar-refractivity contribution in [3.8, 4) is 0 Å². The van der Waals surface area contributed by atoms with E-state index in [0.717, 1.165) is 45.9 Å². The van der Waals surface area contributed by atoms with Crippen LogP contribution in [0, 0.1) is 0 Å². The molecule has 0 radical (unpaired) electrons. The number of rotatable bonds is 1. The van der Waals surface area contributed by atoms with Crippen LogP contribution in [-0.2, 0) is 0 Å². The Hall–Kier alpha value is -3.34. The quantitative estimate of drug-likeness (QED) is 0.230. The highest BCUT2D eigenvalue weighted by Gasteiger charge is 2.11. The molecule has 2 heterocycles. The summed E-state index contributed by atoms with van der Waals surface area (Å²) in [6, 6.07) is 29.5. The second-order valence-electron chi connectivity index (χ2n) is 8.23. The Labute approximate surface area is 199 Å². The molecule has 2 nitrogen and oxygen atoms in total. The lowest BCUT2D eigenvalue weighted by Crippen LogP contribution is -2.05. The van der Waals surface area contributed by atoms with Crippen molar-refractivity contribution in [1.29, 1.82) is 0 Å². The Bertz CT molecular complexity index is 1690. The molecule has 0 bridgehead atoms. The first-order valence-electron chi connectivity index (χ1n) is 10.9. The molecule has 0 saturated heterocycles. The second-order valence-corrected chi connectivity index (χ2v) is 10.4. The van der Waals surface area contributed by atoms with E-state index in [1.54, 1.807) is 22.7 Å². The van der Waals surface area contributed by atoms with Crippen molar-refractivity contribution in [3.63, 3.8) is 0 Å². The highest BCUT2D eigenvalue weighted by molar-refractivity contribution is 7.24. The molecule has 0 aliphatic rings. The Balaban J connectivity index is 0.000000140. The highest BCUT2D eigenvalue weighted by Crippen LogP contribution is 2.29. The van der Waals surface area contributed by atoms with Crippen LogP contribution in [0.2, 0.25) is 0 Å². The standard InChI is InChI=1S/C16H14OS.C13H8OS/c1-10(2)11-7-5-9-14-15(11)16(17)12-6-3-4-8-13(12)18-14;14-13-9-5-1-3-7-11(9)15-12-8-4-2-6-10(12)13/h3-10H,1-2H3;1-8H. The Kier molecular flexibility index (Phi) is 5.79. The second kappa shape index (κ2) is 8.89. The summed E-state index contributed by atoms with van der Waals surface area (Å²) in [6.07, 6.45) is 0. The topological polar surface area (TPSA) is 34.1 Å². The highest BCUT2D eigenvalue weighted by atomic mass is 32.1. The largest absolute Gasteiger partial charge is 0.289 e. The predicted octanol–water partition coefficient (Wildman–Crippen LogP) is 7.95. The van der Waals surface area contributed by atoms with Crippen LogP contribution in [0.25, 0.3) is 40.3 Å². The summed E-state index contributed by atoms with van der Waals surface area (Å²) in [4.78, 5) is 24.7. The van der Waals surface area contributed by atoms with E-state index < -0.39 is 0 Å². The normalized spacial score (nSPS) is 11.2. The molecule has 162 valence electrons. The van der Waals surface area contributed by atoms with Gasteiger partial charge in [0.05, 0.1) is 0 Å². The number of benzene rings is 4. The predicted molar refractivity (Wildman–Crippen MR) is 145 cm³/mol. The van der Waals surface area contributed by atoms with Crippen molar-refractivity contribution >= 4 is 63.0 Å². The van der Waals surface area contributed by atoms with Crippen molar-refractivity contribution in [3.05, 3.63) is 117 Å². The lowest BCUT2D eigenvalue weighted by molar-refractivity contribution is 0.876. The van der Waals surface area contributed by atoms with Crippen molar-refractivity contribution in [1.82, 2.24) is 0 Å². The molecule has 4 heteroatoms. The molecule has 0 amide bonds. The van der Waals surface area contributed by atoms with Gasteiger partial charge in [-0.3, -0.25) is 9.59 Å². The summed E-state index contributed by atoms with van der Waals surface area (Å²) in [7, 11) is 0. The molecule has 0 aliphatic carbocycles. The van der Waals surface area contributed by atoms with Crippen LogP contribution in [0.5, 0.6) is 0 Å². The van der Waals surface area contributed by atoms with Gasteiger partial charge in [0.2, 0.25) is 0 Å². The van der Waals surface area contributed by atoms with E-state index in [9.17, 15) is 9.59 Å². The first-order chi connectivity index (χ1) is 16.0. The number of hydrogen-bond acceptors (Lipinski definition) is 4. The average Bonchev–Trinajstić information content (AvgIpc) is 2.84. The van der Waals surface area contributed by atoms with Gasteiger partial charge < -0.3 is 0 Å². The molecule has 6 aromatic rings. The lowest BCUT2D eigenvalue weighted by atomic mass is 9.98. The van der Waals surface area contributed by atoms with E-state index in [2.05, 4.69) is 19.9 Å². The maximum atomic E-state index is 12.6. The van der Waals surface area contributed by atoms with E-state index in [0.29, 0.717) is 5.92 Å². The molecule has 33 heavy (non-hydrogen) atoms. The molecule has 0 N–H and O–H groups in total. The molecule has 0 atom stereocenters. The van der Waals surface area contributed by atoms with E-state index in [1.807, 2.05) is 84.9 Å². The molecule has 0 unspecified atom stereocenters. The average molecular weight is 467 g/mol. The molecule has 2 aromatic heterocycles. The minimum Gasteiger partial charge on any atom is -0.289 e. The summed E-state index contributed by atoms with van der Waals surface area (Å²) in [5.41, 5.74) is 1.46. The Morgan fingerprint density at radius 1 is 0.515 bits per heavy atom. The van der Waals surface area contributed by atoms with Crippen LogP contribution < -0.4 is 10.9 Å². The lowest BCUT2D eigenvalue weighted by Gasteiger charge is -2.09. The van der Waals surface area contributed by atoms with Crippen LogP contribution in [0.1, 0.15) is 25.3 Å². The summed E-state index contributed by atoms with van der Waals surface area (Å²) < 4.78 is 4.27. The van der Waals surface area contributed by atoms with Crippen molar-refractivity contribution in [2.75, 3.05) is 0 Å². The molecule has 0 aliphatic heterocycles. The van der Waals surface area contributed by atoms with E-state index >= 15 is 0 Å². The monoisotopic (exact) mass is 466 g/mol. The minimum atomic E-state index is 0.139. The van der Waals surface area contributed by atoms with Gasteiger partial charge in [-0.25, -0.2) is 0 Å². The van der Waals surface area contributed by atoms with Crippen LogP contribution in [0.4, 0.5) is 0 Å². The van der Waals surface area contributed by atoms with Crippen LogP contribution in [-0.4, -0.2) is 0 Å². The zero-order chi connectivity index (χ0) is 22.9. The fourth-order valence-electron chi connectivity index (χ4n) is 4.10. The van der Waals surface area contributed by atoms with Gasteiger partial charge >= 0.3 is 0 Å². The SMILES string of the molecule is CC(C)c1cccc2sc3ccccc3c(=O)c12.O=c1c2ccccc2sc2ccccc12. The van der Waals surface area contributed by atoms with Crippen molar-refractivity contribution in [2.24, 2.45) is 0 Å². The molecule has 0 spiro atoms. The van der Waals surface area contributed by atoms with Gasteiger partial charge in [-0.1, -0.05) is 62.4 Å². The van der Waals surface area contributed by atoms with Gasteiger partial charge in [-0.15, -0.1) is 22.7 Å². The number of hydrogen-bond donors (Lipinski definition) is 0. The molecule has 6 rings (SSSR count). The fourth-order valence-corrected chi connectivity index (χ4v) is 6.29. The summed E-state index contributed by atoms with van der Waals surface area (Å²) in [5, 5.41) is 3.38. The molecular weight excluding hydrogens is 444 g/mol. The summed E-state index contributed by atoms with van der Waals surface area (Å²) in [5.74, 6) is 0.370. The van der Waals surface area contributed by atoms with Gasteiger partial charge in [0.15, 0.2) is 10.9 Å². The molecular formula is C29H22O2S2. The van der Waals surface area contributed by atoms with Crippen molar-refractivity contribution in [2.45, 2.75) is 19.8 Å². The third-order valence-corrected chi connectivity index (χ3v) is 8.03. The van der Waals surface area contributed by atoms with E-state index in [1.165, 1.54) is 0 Å². The third-order valence-electron chi connectivity index (χ3n) is 5.74. The summed E-state index contributed by atoms with van der Waals surface area (Å²) in [6.45, 7) is 4.27.